The number of anilines is 1. The molecule has 1 amide bonds. The number of aromatic nitrogens is 2. The fourth-order valence-corrected chi connectivity index (χ4v) is 3.93. The molecule has 0 fully saturated rings. The Morgan fingerprint density at radius 1 is 1.00 bits per heavy atom. The number of aromatic amines is 1. The van der Waals surface area contributed by atoms with Crippen molar-refractivity contribution in [3.8, 4) is 11.4 Å². The number of carbonyl (C=O) groups is 1. The number of nitrogens with one attached hydrogen (secondary N) is 2. The van der Waals surface area contributed by atoms with Gasteiger partial charge in [0.1, 0.15) is 5.82 Å². The van der Waals surface area contributed by atoms with Crippen molar-refractivity contribution in [1.82, 2.24) is 9.97 Å². The van der Waals surface area contributed by atoms with Crippen LogP contribution in [0.15, 0.2) is 77.7 Å². The first-order chi connectivity index (χ1) is 14.0. The summed E-state index contributed by atoms with van der Waals surface area (Å²) in [6.07, 6.45) is 0. The summed E-state index contributed by atoms with van der Waals surface area (Å²) in [5, 5.41) is 2.80. The van der Waals surface area contributed by atoms with Crippen molar-refractivity contribution >= 4 is 32.5 Å². The molecule has 1 heterocycles. The number of sulfone groups is 1. The van der Waals surface area contributed by atoms with E-state index in [1.54, 1.807) is 31.2 Å². The van der Waals surface area contributed by atoms with Crippen LogP contribution in [0.2, 0.25) is 0 Å². The standard InChI is InChI=1S/C22H19N3O3S/c1-2-29(27,28)18-7-5-6-16(14-18)22(26)23-17-12-10-15(11-13-17)21-24-19-8-3-4-9-20(19)25-21/h3-14H,2H2,1H3,(H,23,26)(H,24,25). The molecule has 0 aliphatic heterocycles. The second-order valence-corrected chi connectivity index (χ2v) is 8.84. The summed E-state index contributed by atoms with van der Waals surface area (Å²) in [5.74, 6) is 0.373. The van der Waals surface area contributed by atoms with Gasteiger partial charge in [-0.05, 0) is 54.6 Å². The molecule has 0 radical (unpaired) electrons. The maximum absolute atomic E-state index is 12.5. The summed E-state index contributed by atoms with van der Waals surface area (Å²) in [4.78, 5) is 20.5. The monoisotopic (exact) mass is 405 g/mol. The molecule has 0 saturated heterocycles. The van der Waals surface area contributed by atoms with Gasteiger partial charge in [0, 0.05) is 16.8 Å². The van der Waals surface area contributed by atoms with E-state index in [2.05, 4.69) is 15.3 Å². The fourth-order valence-electron chi connectivity index (χ4n) is 3.00. The highest BCUT2D eigenvalue weighted by Crippen LogP contribution is 2.22. The van der Waals surface area contributed by atoms with Gasteiger partial charge in [-0.2, -0.15) is 0 Å². The molecule has 4 aromatic rings. The predicted molar refractivity (Wildman–Crippen MR) is 114 cm³/mol. The topological polar surface area (TPSA) is 91.9 Å². The molecule has 0 unspecified atom stereocenters. The van der Waals surface area contributed by atoms with Crippen LogP contribution in [0.1, 0.15) is 17.3 Å². The van der Waals surface area contributed by atoms with Crippen molar-refractivity contribution in [3.05, 3.63) is 78.4 Å². The summed E-state index contributed by atoms with van der Waals surface area (Å²) < 4.78 is 24.1. The largest absolute Gasteiger partial charge is 0.338 e. The molecule has 4 rings (SSSR count). The van der Waals surface area contributed by atoms with Crippen LogP contribution in [0.4, 0.5) is 5.69 Å². The Bertz CT molecular complexity index is 1260. The molecular formula is C22H19N3O3S. The van der Waals surface area contributed by atoms with Gasteiger partial charge in [0.2, 0.25) is 0 Å². The average Bonchev–Trinajstić information content (AvgIpc) is 3.18. The van der Waals surface area contributed by atoms with Gasteiger partial charge in [-0.1, -0.05) is 25.1 Å². The summed E-state index contributed by atoms with van der Waals surface area (Å²) in [6.45, 7) is 1.58. The third-order valence-corrected chi connectivity index (χ3v) is 6.37. The van der Waals surface area contributed by atoms with Crippen LogP contribution in [0.3, 0.4) is 0 Å². The van der Waals surface area contributed by atoms with Crippen LogP contribution in [-0.4, -0.2) is 30.0 Å². The molecule has 6 nitrogen and oxygen atoms in total. The third-order valence-electron chi connectivity index (χ3n) is 4.64. The first kappa shape index (κ1) is 18.9. The maximum atomic E-state index is 12.5. The number of amides is 1. The molecular weight excluding hydrogens is 386 g/mol. The number of benzene rings is 3. The van der Waals surface area contributed by atoms with Crippen molar-refractivity contribution < 1.29 is 13.2 Å². The van der Waals surface area contributed by atoms with Crippen LogP contribution >= 0.6 is 0 Å². The lowest BCUT2D eigenvalue weighted by atomic mass is 10.1. The number of imidazole rings is 1. The molecule has 29 heavy (non-hydrogen) atoms. The van der Waals surface area contributed by atoms with Crippen molar-refractivity contribution in [3.63, 3.8) is 0 Å². The number of carbonyl (C=O) groups excluding carboxylic acids is 1. The lowest BCUT2D eigenvalue weighted by Crippen LogP contribution is -2.13. The normalized spacial score (nSPS) is 11.5. The van der Waals surface area contributed by atoms with Crippen molar-refractivity contribution in [2.24, 2.45) is 0 Å². The molecule has 0 atom stereocenters. The zero-order valence-corrected chi connectivity index (χ0v) is 16.5. The number of hydrogen-bond donors (Lipinski definition) is 2. The van der Waals surface area contributed by atoms with Crippen LogP contribution in [0.5, 0.6) is 0 Å². The van der Waals surface area contributed by atoms with E-state index in [0.29, 0.717) is 11.3 Å². The fraction of sp³-hybridized carbons (Fsp3) is 0.0909. The predicted octanol–water partition coefficient (Wildman–Crippen LogP) is 4.28. The van der Waals surface area contributed by atoms with Gasteiger partial charge in [0.25, 0.3) is 5.91 Å². The number of para-hydroxylation sites is 2. The number of nitrogens with zero attached hydrogens (tertiary/aromatic N) is 1. The minimum absolute atomic E-state index is 0.0126. The molecule has 7 heteroatoms. The second kappa shape index (κ2) is 7.52. The van der Waals surface area contributed by atoms with E-state index in [4.69, 9.17) is 0 Å². The first-order valence-electron chi connectivity index (χ1n) is 9.15. The smallest absolute Gasteiger partial charge is 0.255 e. The van der Waals surface area contributed by atoms with Crippen LogP contribution < -0.4 is 5.32 Å². The molecule has 1 aromatic heterocycles. The van der Waals surface area contributed by atoms with Gasteiger partial charge in [-0.25, -0.2) is 13.4 Å². The van der Waals surface area contributed by atoms with Gasteiger partial charge < -0.3 is 10.3 Å². The SMILES string of the molecule is CCS(=O)(=O)c1cccc(C(=O)Nc2ccc(-c3nc4ccccc4[nH]3)cc2)c1. The molecule has 0 saturated carbocycles. The van der Waals surface area contributed by atoms with Crippen molar-refractivity contribution in [2.45, 2.75) is 11.8 Å². The first-order valence-corrected chi connectivity index (χ1v) is 10.8. The molecule has 0 spiro atoms. The summed E-state index contributed by atoms with van der Waals surface area (Å²) in [6, 6.07) is 21.2. The third kappa shape index (κ3) is 3.90. The van der Waals surface area contributed by atoms with Crippen LogP contribution in [0.25, 0.3) is 22.4 Å². The minimum atomic E-state index is -3.36. The molecule has 0 aliphatic carbocycles. The van der Waals surface area contributed by atoms with Gasteiger partial charge in [0.05, 0.1) is 21.7 Å². The highest BCUT2D eigenvalue weighted by Gasteiger charge is 2.14. The highest BCUT2D eigenvalue weighted by molar-refractivity contribution is 7.91. The Morgan fingerprint density at radius 2 is 1.76 bits per heavy atom. The van der Waals surface area contributed by atoms with E-state index in [0.717, 1.165) is 22.4 Å². The van der Waals surface area contributed by atoms with E-state index in [9.17, 15) is 13.2 Å². The summed E-state index contributed by atoms with van der Waals surface area (Å²) in [7, 11) is -3.36. The quantitative estimate of drug-likeness (QED) is 0.518. The molecule has 2 N–H and O–H groups in total. The van der Waals surface area contributed by atoms with E-state index < -0.39 is 9.84 Å². The molecule has 0 bridgehead atoms. The Kier molecular flexibility index (Phi) is 4.90. The zero-order chi connectivity index (χ0) is 20.4. The van der Waals surface area contributed by atoms with Crippen molar-refractivity contribution in [1.29, 1.82) is 0 Å². The maximum Gasteiger partial charge on any atom is 0.255 e. The lowest BCUT2D eigenvalue weighted by Gasteiger charge is -2.08. The number of hydrogen-bond acceptors (Lipinski definition) is 4. The zero-order valence-electron chi connectivity index (χ0n) is 15.7. The number of H-pyrrole nitrogens is 1. The molecule has 146 valence electrons. The van der Waals surface area contributed by atoms with Crippen molar-refractivity contribution in [2.75, 3.05) is 11.1 Å². The Hall–Kier alpha value is -3.45. The average molecular weight is 405 g/mol. The van der Waals surface area contributed by atoms with Gasteiger partial charge >= 0.3 is 0 Å². The summed E-state index contributed by atoms with van der Waals surface area (Å²) in [5.41, 5.74) is 3.65. The minimum Gasteiger partial charge on any atom is -0.338 e. The summed E-state index contributed by atoms with van der Waals surface area (Å²) >= 11 is 0. The number of fused-ring (bicyclic) bond motifs is 1. The van der Waals surface area contributed by atoms with Crippen LogP contribution in [0, 0.1) is 0 Å². The Balaban J connectivity index is 1.53. The second-order valence-electron chi connectivity index (χ2n) is 6.57. The molecule has 0 aliphatic rings. The van der Waals surface area contributed by atoms with E-state index >= 15 is 0 Å². The van der Waals surface area contributed by atoms with Gasteiger partial charge in [-0.3, -0.25) is 4.79 Å². The highest BCUT2D eigenvalue weighted by atomic mass is 32.2. The Labute approximate surface area is 168 Å². The lowest BCUT2D eigenvalue weighted by molar-refractivity contribution is 0.102. The van der Waals surface area contributed by atoms with E-state index in [1.807, 2.05) is 36.4 Å². The molecule has 3 aromatic carbocycles. The van der Waals surface area contributed by atoms with E-state index in [-0.39, 0.29) is 16.6 Å². The Morgan fingerprint density at radius 3 is 2.48 bits per heavy atom. The number of rotatable bonds is 5. The van der Waals surface area contributed by atoms with Crippen LogP contribution in [-0.2, 0) is 9.84 Å². The van der Waals surface area contributed by atoms with Gasteiger partial charge in [0.15, 0.2) is 9.84 Å². The van der Waals surface area contributed by atoms with E-state index in [1.165, 1.54) is 12.1 Å². The van der Waals surface area contributed by atoms with Gasteiger partial charge in [-0.15, -0.1) is 0 Å².